The first-order valence-corrected chi connectivity index (χ1v) is 18.4. The smallest absolute Gasteiger partial charge is 0.411 e. The number of rotatable bonds is 16. The van der Waals surface area contributed by atoms with Crippen molar-refractivity contribution in [2.24, 2.45) is 0 Å². The number of ether oxygens (including phenoxy) is 1. The highest BCUT2D eigenvalue weighted by Gasteiger charge is 2.29. The van der Waals surface area contributed by atoms with E-state index in [4.69, 9.17) is 4.74 Å². The number of amides is 3. The zero-order chi connectivity index (χ0) is 35.8. The number of phenols is 1. The van der Waals surface area contributed by atoms with Crippen molar-refractivity contribution >= 4 is 23.6 Å². The Morgan fingerprint density at radius 2 is 1.45 bits per heavy atom. The van der Waals surface area contributed by atoms with Crippen LogP contribution in [0.4, 0.5) is 10.5 Å². The standard InChI is InChI=1S/C40H53N5O6/c46-32-15-13-30(14-16-32)29-37(45-27-17-33(47)18-28-45)39(49)42-23-8-2-7-22-41-38(48)21-26-44-24-19-34(20-25-44)51-40(50)43-36-12-6-5-11-35(36)31-9-3-1-4-10-31/h1,3-6,9-16,33-34,37,46-47H,2,7-8,17-29H2,(H,41,48)(H,42,49)(H,43,50). The summed E-state index contributed by atoms with van der Waals surface area (Å²) in [6, 6.07) is 24.3. The number of benzene rings is 3. The first kappa shape index (κ1) is 37.8. The van der Waals surface area contributed by atoms with Gasteiger partial charge in [0.05, 0.1) is 17.8 Å². The molecule has 3 aromatic rings. The molecule has 5 rings (SSSR count). The molecule has 2 fully saturated rings. The van der Waals surface area contributed by atoms with Crippen molar-refractivity contribution in [3.63, 3.8) is 0 Å². The average molecular weight is 700 g/mol. The summed E-state index contributed by atoms with van der Waals surface area (Å²) in [5.74, 6) is 0.211. The van der Waals surface area contributed by atoms with Gasteiger partial charge in [-0.1, -0.05) is 60.7 Å². The zero-order valence-corrected chi connectivity index (χ0v) is 29.5. The van der Waals surface area contributed by atoms with Gasteiger partial charge < -0.3 is 30.5 Å². The van der Waals surface area contributed by atoms with Gasteiger partial charge >= 0.3 is 6.09 Å². The van der Waals surface area contributed by atoms with Gasteiger partial charge in [-0.05, 0) is 80.7 Å². The first-order valence-electron chi connectivity index (χ1n) is 18.4. The van der Waals surface area contributed by atoms with Crippen LogP contribution < -0.4 is 16.0 Å². The van der Waals surface area contributed by atoms with Gasteiger partial charge in [0.25, 0.3) is 0 Å². The molecule has 3 amide bonds. The molecule has 274 valence electrons. The minimum atomic E-state index is -0.452. The predicted octanol–water partition coefficient (Wildman–Crippen LogP) is 4.93. The lowest BCUT2D eigenvalue weighted by Gasteiger charge is -2.35. The summed E-state index contributed by atoms with van der Waals surface area (Å²) in [5.41, 5.74) is 3.66. The van der Waals surface area contributed by atoms with Gasteiger partial charge in [0, 0.05) is 57.8 Å². The van der Waals surface area contributed by atoms with E-state index < -0.39 is 6.09 Å². The highest BCUT2D eigenvalue weighted by atomic mass is 16.6. The Kier molecular flexibility index (Phi) is 14.7. The van der Waals surface area contributed by atoms with Gasteiger partial charge in [-0.3, -0.25) is 19.8 Å². The molecule has 5 N–H and O–H groups in total. The number of para-hydroxylation sites is 1. The summed E-state index contributed by atoms with van der Waals surface area (Å²) in [6.45, 7) is 4.73. The van der Waals surface area contributed by atoms with Gasteiger partial charge in [0.2, 0.25) is 11.8 Å². The summed E-state index contributed by atoms with van der Waals surface area (Å²) >= 11 is 0. The highest BCUT2D eigenvalue weighted by Crippen LogP contribution is 2.28. The van der Waals surface area contributed by atoms with E-state index in [1.54, 1.807) is 12.1 Å². The number of anilines is 1. The molecular formula is C40H53N5O6. The van der Waals surface area contributed by atoms with Gasteiger partial charge in [-0.2, -0.15) is 0 Å². The Morgan fingerprint density at radius 1 is 0.784 bits per heavy atom. The summed E-state index contributed by atoms with van der Waals surface area (Å²) in [7, 11) is 0. The number of carbonyl (C=O) groups excluding carboxylic acids is 3. The van der Waals surface area contributed by atoms with Crippen molar-refractivity contribution in [1.29, 1.82) is 0 Å². The van der Waals surface area contributed by atoms with E-state index in [1.165, 1.54) is 0 Å². The van der Waals surface area contributed by atoms with Gasteiger partial charge in [-0.25, -0.2) is 4.79 Å². The molecule has 0 spiro atoms. The first-order chi connectivity index (χ1) is 24.8. The quantitative estimate of drug-likeness (QED) is 0.133. The number of nitrogens with one attached hydrogen (secondary N) is 3. The summed E-state index contributed by atoms with van der Waals surface area (Å²) in [5, 5.41) is 28.6. The van der Waals surface area contributed by atoms with Gasteiger partial charge in [0.1, 0.15) is 11.9 Å². The van der Waals surface area contributed by atoms with Crippen LogP contribution >= 0.6 is 0 Å². The van der Waals surface area contributed by atoms with Crippen LogP contribution in [0.15, 0.2) is 78.9 Å². The number of aliphatic hydroxyl groups is 1. The second-order valence-corrected chi connectivity index (χ2v) is 13.6. The molecule has 3 aromatic carbocycles. The minimum Gasteiger partial charge on any atom is -0.508 e. The van der Waals surface area contributed by atoms with E-state index in [0.717, 1.165) is 61.9 Å². The molecule has 0 saturated carbocycles. The number of unbranched alkanes of at least 4 members (excludes halogenated alkanes) is 2. The predicted molar refractivity (Wildman–Crippen MR) is 198 cm³/mol. The van der Waals surface area contributed by atoms with Crippen molar-refractivity contribution in [2.75, 3.05) is 51.1 Å². The molecule has 11 heteroatoms. The number of aromatic hydroxyl groups is 1. The Bertz CT molecular complexity index is 1520. The van der Waals surface area contributed by atoms with E-state index in [1.807, 2.05) is 66.7 Å². The van der Waals surface area contributed by atoms with Crippen LogP contribution in [0.3, 0.4) is 0 Å². The Hall–Kier alpha value is -4.45. The summed E-state index contributed by atoms with van der Waals surface area (Å²) in [4.78, 5) is 42.8. The third-order valence-electron chi connectivity index (χ3n) is 9.79. The fraction of sp³-hybridized carbons (Fsp3) is 0.475. The fourth-order valence-electron chi connectivity index (χ4n) is 6.78. The molecule has 0 bridgehead atoms. The molecule has 0 aromatic heterocycles. The molecule has 1 unspecified atom stereocenters. The van der Waals surface area contributed by atoms with Crippen LogP contribution in [0.1, 0.15) is 56.9 Å². The SMILES string of the molecule is O=C(CCN1CCC(OC(=O)Nc2ccccc2-c2ccccc2)CC1)NCCCCCNC(=O)C(Cc1ccc(O)cc1)N1CCC(O)CC1. The van der Waals surface area contributed by atoms with Crippen LogP contribution in [-0.4, -0.2) is 102 Å². The van der Waals surface area contributed by atoms with Gasteiger partial charge in [-0.15, -0.1) is 0 Å². The largest absolute Gasteiger partial charge is 0.508 e. The number of hydrogen-bond donors (Lipinski definition) is 5. The molecule has 2 aliphatic heterocycles. The number of nitrogens with zero attached hydrogens (tertiary/aromatic N) is 2. The maximum atomic E-state index is 13.2. The number of hydrogen-bond acceptors (Lipinski definition) is 8. The second kappa shape index (κ2) is 19.8. The Labute approximate surface area is 301 Å². The van der Waals surface area contributed by atoms with E-state index in [2.05, 4.69) is 25.8 Å². The number of piperidine rings is 2. The van der Waals surface area contributed by atoms with Crippen molar-refractivity contribution in [1.82, 2.24) is 20.4 Å². The lowest BCUT2D eigenvalue weighted by molar-refractivity contribution is -0.127. The zero-order valence-electron chi connectivity index (χ0n) is 29.5. The third kappa shape index (κ3) is 12.4. The molecule has 1 atom stereocenters. The Morgan fingerprint density at radius 3 is 2.18 bits per heavy atom. The summed E-state index contributed by atoms with van der Waals surface area (Å²) < 4.78 is 5.74. The van der Waals surface area contributed by atoms with Crippen LogP contribution in [0, 0.1) is 0 Å². The number of likely N-dealkylation sites (tertiary alicyclic amines) is 2. The topological polar surface area (TPSA) is 143 Å². The molecule has 0 radical (unpaired) electrons. The molecular weight excluding hydrogens is 646 g/mol. The van der Waals surface area contributed by atoms with Crippen LogP contribution in [0.25, 0.3) is 11.1 Å². The molecule has 51 heavy (non-hydrogen) atoms. The van der Waals surface area contributed by atoms with Crippen molar-refractivity contribution in [2.45, 2.75) is 76.0 Å². The normalized spacial score (nSPS) is 16.6. The van der Waals surface area contributed by atoms with E-state index >= 15 is 0 Å². The minimum absolute atomic E-state index is 0.0174. The van der Waals surface area contributed by atoms with Gasteiger partial charge in [0.15, 0.2) is 0 Å². The van der Waals surface area contributed by atoms with Crippen LogP contribution in [0.2, 0.25) is 0 Å². The van der Waals surface area contributed by atoms with Crippen LogP contribution in [0.5, 0.6) is 5.75 Å². The summed E-state index contributed by atoms with van der Waals surface area (Å²) in [6.07, 6.45) is 5.36. The maximum absolute atomic E-state index is 13.2. The van der Waals surface area contributed by atoms with Crippen LogP contribution in [-0.2, 0) is 20.7 Å². The number of phenolic OH excluding ortho intramolecular Hbond substituents is 1. The van der Waals surface area contributed by atoms with Crippen molar-refractivity contribution < 1.29 is 29.3 Å². The number of carbonyl (C=O) groups is 3. The molecule has 2 aliphatic rings. The highest BCUT2D eigenvalue weighted by molar-refractivity contribution is 5.91. The molecule has 0 aliphatic carbocycles. The lowest BCUT2D eigenvalue weighted by Crippen LogP contribution is -2.51. The van der Waals surface area contributed by atoms with Crippen molar-refractivity contribution in [3.05, 3.63) is 84.4 Å². The molecule has 2 heterocycles. The monoisotopic (exact) mass is 699 g/mol. The Balaban J connectivity index is 0.915. The second-order valence-electron chi connectivity index (χ2n) is 13.6. The van der Waals surface area contributed by atoms with E-state index in [-0.39, 0.29) is 35.8 Å². The average Bonchev–Trinajstić information content (AvgIpc) is 3.15. The van der Waals surface area contributed by atoms with Crippen molar-refractivity contribution in [3.8, 4) is 16.9 Å². The van der Waals surface area contributed by atoms with E-state index in [9.17, 15) is 24.6 Å². The number of aliphatic hydroxyl groups excluding tert-OH is 1. The molecule has 11 nitrogen and oxygen atoms in total. The maximum Gasteiger partial charge on any atom is 0.411 e. The third-order valence-corrected chi connectivity index (χ3v) is 9.79. The fourth-order valence-corrected chi connectivity index (χ4v) is 6.78. The lowest BCUT2D eigenvalue weighted by atomic mass is 9.99. The van der Waals surface area contributed by atoms with E-state index in [0.29, 0.717) is 64.1 Å². The molecule has 2 saturated heterocycles.